The number of hydrogen-bond donors (Lipinski definition) is 2. The number of carbonyl (C=O) groups excluding carboxylic acids is 1. The van der Waals surface area contributed by atoms with Crippen LogP contribution in [0, 0.1) is 5.92 Å². The molecular formula is C19H21NO2. The van der Waals surface area contributed by atoms with Crippen LogP contribution in [0.4, 0.5) is 0 Å². The van der Waals surface area contributed by atoms with Crippen molar-refractivity contribution in [3.63, 3.8) is 0 Å². The minimum absolute atomic E-state index is 0.0383. The number of benzene rings is 2. The van der Waals surface area contributed by atoms with Gasteiger partial charge < -0.3 is 10.4 Å². The molecule has 1 aliphatic carbocycles. The lowest BCUT2D eigenvalue weighted by molar-refractivity contribution is -0.123. The average molecular weight is 295 g/mol. The van der Waals surface area contributed by atoms with Crippen molar-refractivity contribution < 1.29 is 9.90 Å². The third-order valence-corrected chi connectivity index (χ3v) is 4.25. The predicted molar refractivity (Wildman–Crippen MR) is 86.5 cm³/mol. The normalized spacial score (nSPS) is 21.1. The SMILES string of the molecule is O=C(N[C@H](CO)Cc1ccccc1)[C@@H]1C[C@H]1c1ccccc1. The number of aliphatic hydroxyl groups is 1. The summed E-state index contributed by atoms with van der Waals surface area (Å²) in [6.07, 6.45) is 1.56. The highest BCUT2D eigenvalue weighted by molar-refractivity contribution is 5.83. The van der Waals surface area contributed by atoms with Crippen molar-refractivity contribution in [3.05, 3.63) is 71.8 Å². The van der Waals surface area contributed by atoms with Gasteiger partial charge >= 0.3 is 0 Å². The molecule has 1 fully saturated rings. The highest BCUT2D eigenvalue weighted by Gasteiger charge is 2.44. The van der Waals surface area contributed by atoms with Crippen molar-refractivity contribution in [1.29, 1.82) is 0 Å². The number of amides is 1. The standard InChI is InChI=1S/C19H21NO2/c21-13-16(11-14-7-3-1-4-8-14)20-19(22)18-12-17(18)15-9-5-2-6-10-15/h1-10,16-18,21H,11-13H2,(H,20,22)/t16-,17-,18+/m0/s1. The van der Waals surface area contributed by atoms with Crippen LogP contribution in [0.2, 0.25) is 0 Å². The third kappa shape index (κ3) is 3.55. The smallest absolute Gasteiger partial charge is 0.224 e. The van der Waals surface area contributed by atoms with Crippen molar-refractivity contribution in [2.75, 3.05) is 6.61 Å². The van der Waals surface area contributed by atoms with Gasteiger partial charge in [-0.25, -0.2) is 0 Å². The zero-order valence-corrected chi connectivity index (χ0v) is 12.5. The Kier molecular flexibility index (Phi) is 4.54. The molecule has 3 heteroatoms. The molecule has 2 aromatic rings. The van der Waals surface area contributed by atoms with Gasteiger partial charge in [-0.1, -0.05) is 60.7 Å². The minimum Gasteiger partial charge on any atom is -0.394 e. The molecule has 0 unspecified atom stereocenters. The Hall–Kier alpha value is -2.13. The van der Waals surface area contributed by atoms with Gasteiger partial charge in [-0.15, -0.1) is 0 Å². The van der Waals surface area contributed by atoms with Crippen LogP contribution in [0.1, 0.15) is 23.5 Å². The van der Waals surface area contributed by atoms with Crippen LogP contribution in [-0.2, 0) is 11.2 Å². The first-order valence-electron chi connectivity index (χ1n) is 7.78. The molecule has 3 atom stereocenters. The highest BCUT2D eigenvalue weighted by Crippen LogP contribution is 2.47. The van der Waals surface area contributed by atoms with Gasteiger partial charge in [0.05, 0.1) is 12.6 Å². The molecule has 0 heterocycles. The molecule has 2 aromatic carbocycles. The van der Waals surface area contributed by atoms with Gasteiger partial charge in [0.2, 0.25) is 5.91 Å². The summed E-state index contributed by atoms with van der Waals surface area (Å²) in [5.41, 5.74) is 2.35. The van der Waals surface area contributed by atoms with Gasteiger partial charge in [0.15, 0.2) is 0 Å². The first kappa shape index (κ1) is 14.8. The molecule has 1 aliphatic rings. The monoisotopic (exact) mass is 295 g/mol. The maximum Gasteiger partial charge on any atom is 0.224 e. The Balaban J connectivity index is 1.55. The van der Waals surface area contributed by atoms with Gasteiger partial charge in [0.25, 0.3) is 0 Å². The maximum atomic E-state index is 12.3. The maximum absolute atomic E-state index is 12.3. The summed E-state index contributed by atoms with van der Waals surface area (Å²) in [7, 11) is 0. The Labute approximate surface area is 131 Å². The molecule has 3 nitrogen and oxygen atoms in total. The summed E-state index contributed by atoms with van der Waals surface area (Å²) in [4.78, 5) is 12.3. The Bertz CT molecular complexity index is 612. The van der Waals surface area contributed by atoms with Crippen molar-refractivity contribution >= 4 is 5.91 Å². The Morgan fingerprint density at radius 1 is 1.09 bits per heavy atom. The van der Waals surface area contributed by atoms with Crippen LogP contribution in [-0.4, -0.2) is 23.7 Å². The van der Waals surface area contributed by atoms with Crippen LogP contribution in [0.3, 0.4) is 0 Å². The molecule has 0 saturated heterocycles. The number of aliphatic hydroxyl groups excluding tert-OH is 1. The Morgan fingerprint density at radius 2 is 1.73 bits per heavy atom. The topological polar surface area (TPSA) is 49.3 Å². The zero-order chi connectivity index (χ0) is 15.4. The first-order valence-corrected chi connectivity index (χ1v) is 7.78. The van der Waals surface area contributed by atoms with Crippen LogP contribution in [0.5, 0.6) is 0 Å². The molecule has 0 aromatic heterocycles. The lowest BCUT2D eigenvalue weighted by atomic mass is 10.1. The van der Waals surface area contributed by atoms with Gasteiger partial charge in [0, 0.05) is 5.92 Å². The van der Waals surface area contributed by atoms with E-state index in [1.165, 1.54) is 5.56 Å². The fourth-order valence-corrected chi connectivity index (χ4v) is 2.92. The second-order valence-corrected chi connectivity index (χ2v) is 5.94. The van der Waals surface area contributed by atoms with E-state index in [1.807, 2.05) is 48.5 Å². The van der Waals surface area contributed by atoms with Crippen molar-refractivity contribution in [1.82, 2.24) is 5.32 Å². The summed E-state index contributed by atoms with van der Waals surface area (Å²) >= 11 is 0. The van der Waals surface area contributed by atoms with Gasteiger partial charge in [-0.2, -0.15) is 0 Å². The third-order valence-electron chi connectivity index (χ3n) is 4.25. The molecule has 2 N–H and O–H groups in total. The zero-order valence-electron chi connectivity index (χ0n) is 12.5. The van der Waals surface area contributed by atoms with E-state index in [4.69, 9.17) is 0 Å². The summed E-state index contributed by atoms with van der Waals surface area (Å²) in [5.74, 6) is 0.438. The molecule has 114 valence electrons. The molecule has 0 radical (unpaired) electrons. The van der Waals surface area contributed by atoms with Crippen molar-refractivity contribution in [3.8, 4) is 0 Å². The van der Waals surface area contributed by atoms with Gasteiger partial charge in [0.1, 0.15) is 0 Å². The minimum atomic E-state index is -0.216. The lowest BCUT2D eigenvalue weighted by Crippen LogP contribution is -2.40. The van der Waals surface area contributed by atoms with Crippen LogP contribution < -0.4 is 5.32 Å². The van der Waals surface area contributed by atoms with E-state index in [0.717, 1.165) is 12.0 Å². The Morgan fingerprint density at radius 3 is 2.36 bits per heavy atom. The molecule has 0 aliphatic heterocycles. The van der Waals surface area contributed by atoms with E-state index in [0.29, 0.717) is 12.3 Å². The van der Waals surface area contributed by atoms with Gasteiger partial charge in [-0.05, 0) is 29.9 Å². The summed E-state index contributed by atoms with van der Waals surface area (Å²) in [5, 5.41) is 12.5. The number of carbonyl (C=O) groups is 1. The first-order chi connectivity index (χ1) is 10.8. The van der Waals surface area contributed by atoms with Crippen molar-refractivity contribution in [2.45, 2.75) is 24.8 Å². The van der Waals surface area contributed by atoms with Crippen LogP contribution in [0.25, 0.3) is 0 Å². The summed E-state index contributed by atoms with van der Waals surface area (Å²) < 4.78 is 0. The van der Waals surface area contributed by atoms with E-state index in [-0.39, 0.29) is 24.5 Å². The highest BCUT2D eigenvalue weighted by atomic mass is 16.3. The predicted octanol–water partition coefficient (Wildman–Crippen LogP) is 2.51. The van der Waals surface area contributed by atoms with E-state index >= 15 is 0 Å². The second kappa shape index (κ2) is 6.75. The average Bonchev–Trinajstić information content (AvgIpc) is 3.37. The van der Waals surface area contributed by atoms with E-state index in [2.05, 4.69) is 17.4 Å². The number of rotatable bonds is 6. The van der Waals surface area contributed by atoms with Gasteiger partial charge in [-0.3, -0.25) is 4.79 Å². The second-order valence-electron chi connectivity index (χ2n) is 5.94. The largest absolute Gasteiger partial charge is 0.394 e. The van der Waals surface area contributed by atoms with Crippen LogP contribution in [0.15, 0.2) is 60.7 Å². The quantitative estimate of drug-likeness (QED) is 0.860. The molecule has 22 heavy (non-hydrogen) atoms. The molecule has 1 saturated carbocycles. The van der Waals surface area contributed by atoms with Crippen LogP contribution >= 0.6 is 0 Å². The van der Waals surface area contributed by atoms with E-state index < -0.39 is 0 Å². The van der Waals surface area contributed by atoms with E-state index in [1.54, 1.807) is 0 Å². The number of hydrogen-bond acceptors (Lipinski definition) is 2. The molecule has 0 spiro atoms. The summed E-state index contributed by atoms with van der Waals surface area (Å²) in [6, 6.07) is 19.9. The molecule has 3 rings (SSSR count). The number of nitrogens with one attached hydrogen (secondary N) is 1. The fourth-order valence-electron chi connectivity index (χ4n) is 2.92. The lowest BCUT2D eigenvalue weighted by Gasteiger charge is -2.16. The summed E-state index contributed by atoms with van der Waals surface area (Å²) in [6.45, 7) is -0.0383. The van der Waals surface area contributed by atoms with Crippen molar-refractivity contribution in [2.24, 2.45) is 5.92 Å². The molecule has 1 amide bonds. The van der Waals surface area contributed by atoms with E-state index in [9.17, 15) is 9.90 Å². The molecular weight excluding hydrogens is 274 g/mol. The fraction of sp³-hybridized carbons (Fsp3) is 0.316. The molecule has 0 bridgehead atoms.